The number of hydrogen-bond acceptors (Lipinski definition) is 4. The number of nitrogens with two attached hydrogens (primary N) is 1. The molecule has 0 aliphatic carbocycles. The molecule has 1 aromatic carbocycles. The van der Waals surface area contributed by atoms with Crippen molar-refractivity contribution in [1.29, 1.82) is 0 Å². The van der Waals surface area contributed by atoms with Crippen LogP contribution in [0.4, 0.5) is 4.79 Å². The zero-order valence-electron chi connectivity index (χ0n) is 12.9. The second-order valence-corrected chi connectivity index (χ2v) is 5.15. The molecule has 0 radical (unpaired) electrons. The summed E-state index contributed by atoms with van der Waals surface area (Å²) in [5.74, 6) is 0.459. The molecule has 7 heteroatoms. The highest BCUT2D eigenvalue weighted by atomic mass is 16.5. The molecule has 0 aliphatic heterocycles. The van der Waals surface area contributed by atoms with E-state index in [-0.39, 0.29) is 6.04 Å². The van der Waals surface area contributed by atoms with Gasteiger partial charge in [0.1, 0.15) is 0 Å². The lowest BCUT2D eigenvalue weighted by atomic mass is 10.0. The number of benzene rings is 1. The van der Waals surface area contributed by atoms with Crippen molar-refractivity contribution in [2.24, 2.45) is 5.73 Å². The first-order valence-corrected chi connectivity index (χ1v) is 7.12. The number of rotatable bonds is 4. The fourth-order valence-corrected chi connectivity index (χ4v) is 2.44. The number of aromatic nitrogens is 3. The second-order valence-electron chi connectivity index (χ2n) is 5.15. The molecule has 1 unspecified atom stereocenters. The lowest BCUT2D eigenvalue weighted by Gasteiger charge is -2.14. The Labute approximate surface area is 133 Å². The molecule has 1 atom stereocenters. The van der Waals surface area contributed by atoms with Crippen molar-refractivity contribution in [2.45, 2.75) is 13.0 Å². The van der Waals surface area contributed by atoms with E-state index in [0.717, 1.165) is 16.8 Å². The second kappa shape index (κ2) is 5.96. The summed E-state index contributed by atoms with van der Waals surface area (Å²) in [5, 5.41) is 2.66. The predicted molar refractivity (Wildman–Crippen MR) is 86.1 cm³/mol. The quantitative estimate of drug-likeness (QED) is 0.771. The smallest absolute Gasteiger partial charge is 0.312 e. The number of methoxy groups -OCH3 is 1. The van der Waals surface area contributed by atoms with Crippen molar-refractivity contribution in [2.75, 3.05) is 7.11 Å². The first-order chi connectivity index (χ1) is 11.1. The normalized spacial score (nSPS) is 12.1. The van der Waals surface area contributed by atoms with Crippen molar-refractivity contribution in [1.82, 2.24) is 19.7 Å². The third-order valence-corrected chi connectivity index (χ3v) is 3.58. The molecule has 3 aromatic rings. The summed E-state index contributed by atoms with van der Waals surface area (Å²) in [6, 6.07) is 7.01. The lowest BCUT2D eigenvalue weighted by molar-refractivity contribution is 0.246. The standard InChI is InChI=1S/C16H17N5O2/c1-10(19-16(17)22)11-4-3-5-12(8-11)13-9-21-7-6-18-14(21)15(20-13)23-2/h3-10H,1-2H3,(H3,17,19,22). The van der Waals surface area contributed by atoms with Crippen LogP contribution in [0.15, 0.2) is 42.9 Å². The number of imidazole rings is 1. The minimum absolute atomic E-state index is 0.189. The van der Waals surface area contributed by atoms with E-state index in [4.69, 9.17) is 10.5 Å². The molecule has 2 heterocycles. The molecule has 2 amide bonds. The number of carbonyl (C=O) groups excluding carboxylic acids is 1. The summed E-state index contributed by atoms with van der Waals surface area (Å²) in [7, 11) is 1.57. The Hall–Kier alpha value is -3.09. The Balaban J connectivity index is 2.03. The number of hydrogen-bond donors (Lipinski definition) is 2. The number of carbonyl (C=O) groups is 1. The van der Waals surface area contributed by atoms with Gasteiger partial charge in [0, 0.05) is 24.2 Å². The van der Waals surface area contributed by atoms with E-state index in [1.165, 1.54) is 0 Å². The SMILES string of the molecule is COc1nc(-c2cccc(C(C)NC(N)=O)c2)cn2ccnc12. The molecule has 7 nitrogen and oxygen atoms in total. The fraction of sp³-hybridized carbons (Fsp3) is 0.188. The Kier molecular flexibility index (Phi) is 3.84. The van der Waals surface area contributed by atoms with Crippen LogP contribution in [0.25, 0.3) is 16.9 Å². The van der Waals surface area contributed by atoms with Gasteiger partial charge >= 0.3 is 6.03 Å². The molecule has 0 spiro atoms. The summed E-state index contributed by atoms with van der Waals surface area (Å²) in [4.78, 5) is 19.7. The average molecular weight is 311 g/mol. The van der Waals surface area contributed by atoms with Gasteiger partial charge in [0.25, 0.3) is 5.88 Å². The molecule has 3 rings (SSSR count). The monoisotopic (exact) mass is 311 g/mol. The third kappa shape index (κ3) is 2.94. The first kappa shape index (κ1) is 14.8. The summed E-state index contributed by atoms with van der Waals surface area (Å²) < 4.78 is 7.17. The van der Waals surface area contributed by atoms with Crippen LogP contribution in [0, 0.1) is 0 Å². The van der Waals surface area contributed by atoms with Crippen LogP contribution in [0.3, 0.4) is 0 Å². The molecule has 23 heavy (non-hydrogen) atoms. The molecule has 0 saturated heterocycles. The number of nitrogens with zero attached hydrogens (tertiary/aromatic N) is 3. The topological polar surface area (TPSA) is 94.5 Å². The van der Waals surface area contributed by atoms with Crippen LogP contribution >= 0.6 is 0 Å². The third-order valence-electron chi connectivity index (χ3n) is 3.58. The molecular formula is C16H17N5O2. The maximum Gasteiger partial charge on any atom is 0.312 e. The van der Waals surface area contributed by atoms with Crippen molar-refractivity contribution >= 4 is 11.7 Å². The molecule has 0 fully saturated rings. The van der Waals surface area contributed by atoms with Gasteiger partial charge in [-0.25, -0.2) is 14.8 Å². The van der Waals surface area contributed by atoms with E-state index in [1.807, 2.05) is 48.0 Å². The Morgan fingerprint density at radius 3 is 3.00 bits per heavy atom. The van der Waals surface area contributed by atoms with Gasteiger partial charge in [-0.2, -0.15) is 0 Å². The molecule has 0 bridgehead atoms. The fourth-order valence-electron chi connectivity index (χ4n) is 2.44. The van der Waals surface area contributed by atoms with E-state index in [9.17, 15) is 4.79 Å². The van der Waals surface area contributed by atoms with Gasteiger partial charge in [-0.05, 0) is 18.6 Å². The van der Waals surface area contributed by atoms with Crippen molar-refractivity contribution < 1.29 is 9.53 Å². The van der Waals surface area contributed by atoms with Gasteiger partial charge in [0.15, 0.2) is 5.65 Å². The lowest BCUT2D eigenvalue weighted by Crippen LogP contribution is -2.31. The molecule has 3 N–H and O–H groups in total. The van der Waals surface area contributed by atoms with Crippen LogP contribution in [0.5, 0.6) is 5.88 Å². The first-order valence-electron chi connectivity index (χ1n) is 7.12. The van der Waals surface area contributed by atoms with Gasteiger partial charge in [0.05, 0.1) is 18.8 Å². The minimum Gasteiger partial charge on any atom is -0.478 e. The summed E-state index contributed by atoms with van der Waals surface area (Å²) in [6.45, 7) is 1.87. The van der Waals surface area contributed by atoms with Gasteiger partial charge in [-0.3, -0.25) is 0 Å². The van der Waals surface area contributed by atoms with Crippen LogP contribution in [0.2, 0.25) is 0 Å². The number of ether oxygens (including phenoxy) is 1. The zero-order chi connectivity index (χ0) is 16.4. The highest BCUT2D eigenvalue weighted by molar-refractivity contribution is 5.72. The van der Waals surface area contributed by atoms with Crippen molar-refractivity contribution in [3.05, 3.63) is 48.4 Å². The highest BCUT2D eigenvalue weighted by Gasteiger charge is 2.12. The zero-order valence-corrected chi connectivity index (χ0v) is 12.9. The van der Waals surface area contributed by atoms with E-state index in [1.54, 1.807) is 13.3 Å². The van der Waals surface area contributed by atoms with Crippen molar-refractivity contribution in [3.8, 4) is 17.1 Å². The van der Waals surface area contributed by atoms with Crippen molar-refractivity contribution in [3.63, 3.8) is 0 Å². The number of fused-ring (bicyclic) bond motifs is 1. The molecule has 118 valence electrons. The number of urea groups is 1. The molecule has 0 saturated carbocycles. The van der Waals surface area contributed by atoms with Crippen LogP contribution in [0.1, 0.15) is 18.5 Å². The number of primary amides is 1. The largest absolute Gasteiger partial charge is 0.478 e. The van der Waals surface area contributed by atoms with Gasteiger partial charge < -0.3 is 20.2 Å². The Bertz CT molecular complexity index is 859. The molecule has 2 aromatic heterocycles. The molecular weight excluding hydrogens is 294 g/mol. The maximum atomic E-state index is 11.0. The molecule has 0 aliphatic rings. The predicted octanol–water partition coefficient (Wildman–Crippen LogP) is 2.13. The summed E-state index contributed by atoms with van der Waals surface area (Å²) in [6.07, 6.45) is 5.42. The number of amides is 2. The maximum absolute atomic E-state index is 11.0. The Morgan fingerprint density at radius 1 is 1.43 bits per heavy atom. The van der Waals surface area contributed by atoms with E-state index in [2.05, 4.69) is 15.3 Å². The van der Waals surface area contributed by atoms with Gasteiger partial charge in [-0.15, -0.1) is 0 Å². The number of nitrogens with one attached hydrogen (secondary N) is 1. The van der Waals surface area contributed by atoms with Crippen LogP contribution in [-0.2, 0) is 0 Å². The summed E-state index contributed by atoms with van der Waals surface area (Å²) >= 11 is 0. The van der Waals surface area contributed by atoms with Crippen LogP contribution < -0.4 is 15.8 Å². The van der Waals surface area contributed by atoms with E-state index < -0.39 is 6.03 Å². The van der Waals surface area contributed by atoms with E-state index >= 15 is 0 Å². The van der Waals surface area contributed by atoms with Gasteiger partial charge in [-0.1, -0.05) is 18.2 Å². The van der Waals surface area contributed by atoms with Gasteiger partial charge in [0.2, 0.25) is 0 Å². The van der Waals surface area contributed by atoms with E-state index in [0.29, 0.717) is 11.5 Å². The Morgan fingerprint density at radius 2 is 2.26 bits per heavy atom. The minimum atomic E-state index is -0.553. The summed E-state index contributed by atoms with van der Waals surface area (Å²) in [5.41, 5.74) is 8.44. The highest BCUT2D eigenvalue weighted by Crippen LogP contribution is 2.25. The van der Waals surface area contributed by atoms with Crippen LogP contribution in [-0.4, -0.2) is 27.5 Å². The average Bonchev–Trinajstić information content (AvgIpc) is 3.02.